The first-order valence-electron chi connectivity index (χ1n) is 8.49. The van der Waals surface area contributed by atoms with Crippen LogP contribution in [-0.4, -0.2) is 82.3 Å². The van der Waals surface area contributed by atoms with Gasteiger partial charge in [0.15, 0.2) is 5.96 Å². The van der Waals surface area contributed by atoms with E-state index in [0.29, 0.717) is 19.0 Å². The standard InChI is InChI=1S/C15H32N4O3S.HI/c1-5-16-15(18(4)12-14-8-10-22-13-14)17-9-11-23(20,21)19(6-2)7-3;/h14H,5-13H2,1-4H3,(H,16,17);1H. The van der Waals surface area contributed by atoms with Crippen molar-refractivity contribution in [1.29, 1.82) is 0 Å². The molecule has 144 valence electrons. The molecule has 7 nitrogen and oxygen atoms in total. The van der Waals surface area contributed by atoms with E-state index in [1.165, 1.54) is 4.31 Å². The highest BCUT2D eigenvalue weighted by Crippen LogP contribution is 2.13. The van der Waals surface area contributed by atoms with Gasteiger partial charge in [-0.05, 0) is 13.3 Å². The van der Waals surface area contributed by atoms with E-state index < -0.39 is 10.0 Å². The van der Waals surface area contributed by atoms with Crippen molar-refractivity contribution in [2.75, 3.05) is 58.7 Å². The van der Waals surface area contributed by atoms with Gasteiger partial charge in [0, 0.05) is 45.8 Å². The van der Waals surface area contributed by atoms with Crippen molar-refractivity contribution in [1.82, 2.24) is 14.5 Å². The maximum atomic E-state index is 12.2. The molecule has 1 rings (SSSR count). The van der Waals surface area contributed by atoms with E-state index in [1.54, 1.807) is 0 Å². The molecule has 0 bridgehead atoms. The van der Waals surface area contributed by atoms with Crippen LogP contribution in [0.5, 0.6) is 0 Å². The maximum Gasteiger partial charge on any atom is 0.215 e. The van der Waals surface area contributed by atoms with Gasteiger partial charge in [-0.2, -0.15) is 0 Å². The summed E-state index contributed by atoms with van der Waals surface area (Å²) in [7, 11) is -1.24. The second-order valence-corrected chi connectivity index (χ2v) is 7.83. The van der Waals surface area contributed by atoms with Gasteiger partial charge in [0.1, 0.15) is 0 Å². The number of nitrogens with one attached hydrogen (secondary N) is 1. The van der Waals surface area contributed by atoms with Gasteiger partial charge in [0.2, 0.25) is 10.0 Å². The molecule has 0 saturated carbocycles. The lowest BCUT2D eigenvalue weighted by Gasteiger charge is -2.24. The predicted octanol–water partition coefficient (Wildman–Crippen LogP) is 1.21. The Bertz CT molecular complexity index is 463. The lowest BCUT2D eigenvalue weighted by molar-refractivity contribution is 0.181. The Labute approximate surface area is 164 Å². The van der Waals surface area contributed by atoms with Crippen LogP contribution in [0, 0.1) is 5.92 Å². The molecule has 0 aliphatic carbocycles. The van der Waals surface area contributed by atoms with Crippen molar-refractivity contribution < 1.29 is 13.2 Å². The first-order valence-corrected chi connectivity index (χ1v) is 10.1. The minimum absolute atomic E-state index is 0. The van der Waals surface area contributed by atoms with Crippen LogP contribution >= 0.6 is 24.0 Å². The molecule has 1 heterocycles. The van der Waals surface area contributed by atoms with Gasteiger partial charge in [-0.15, -0.1) is 24.0 Å². The molecule has 24 heavy (non-hydrogen) atoms. The average Bonchev–Trinajstić information content (AvgIpc) is 3.00. The summed E-state index contributed by atoms with van der Waals surface area (Å²) >= 11 is 0. The molecule has 1 atom stereocenters. The summed E-state index contributed by atoms with van der Waals surface area (Å²) in [6.45, 7) is 10.2. The molecule has 1 aliphatic rings. The molecule has 1 unspecified atom stereocenters. The van der Waals surface area contributed by atoms with Gasteiger partial charge in [0.05, 0.1) is 18.9 Å². The second kappa shape index (κ2) is 12.3. The zero-order chi connectivity index (χ0) is 17.3. The van der Waals surface area contributed by atoms with Crippen LogP contribution in [0.4, 0.5) is 0 Å². The molecule has 1 aliphatic heterocycles. The zero-order valence-corrected chi connectivity index (χ0v) is 18.5. The summed E-state index contributed by atoms with van der Waals surface area (Å²) < 4.78 is 31.3. The Morgan fingerprint density at radius 1 is 1.29 bits per heavy atom. The summed E-state index contributed by atoms with van der Waals surface area (Å²) in [5.74, 6) is 1.32. The van der Waals surface area contributed by atoms with Crippen molar-refractivity contribution in [3.63, 3.8) is 0 Å². The van der Waals surface area contributed by atoms with Crippen LogP contribution in [0.3, 0.4) is 0 Å². The van der Waals surface area contributed by atoms with Crippen LogP contribution in [0.15, 0.2) is 4.99 Å². The van der Waals surface area contributed by atoms with Gasteiger partial charge in [-0.1, -0.05) is 13.8 Å². The summed E-state index contributed by atoms with van der Waals surface area (Å²) in [6.07, 6.45) is 1.07. The fraction of sp³-hybridized carbons (Fsp3) is 0.933. The Hall–Kier alpha value is -0.130. The largest absolute Gasteiger partial charge is 0.381 e. The first kappa shape index (κ1) is 23.9. The first-order chi connectivity index (χ1) is 10.9. The van der Waals surface area contributed by atoms with E-state index in [1.807, 2.05) is 27.8 Å². The van der Waals surface area contributed by atoms with E-state index in [-0.39, 0.29) is 36.3 Å². The van der Waals surface area contributed by atoms with Crippen LogP contribution in [0.2, 0.25) is 0 Å². The van der Waals surface area contributed by atoms with Gasteiger partial charge in [-0.3, -0.25) is 4.99 Å². The molecule has 0 amide bonds. The maximum absolute atomic E-state index is 12.2. The number of aliphatic imine (C=N–C) groups is 1. The number of hydrogen-bond acceptors (Lipinski definition) is 4. The molecule has 0 aromatic carbocycles. The van der Waals surface area contributed by atoms with Crippen molar-refractivity contribution >= 4 is 40.0 Å². The summed E-state index contributed by atoms with van der Waals surface area (Å²) in [4.78, 5) is 6.54. The van der Waals surface area contributed by atoms with Gasteiger partial charge in [0.25, 0.3) is 0 Å². The Morgan fingerprint density at radius 2 is 1.96 bits per heavy atom. The highest BCUT2D eigenvalue weighted by Gasteiger charge is 2.20. The van der Waals surface area contributed by atoms with Crippen molar-refractivity contribution in [2.24, 2.45) is 10.9 Å². The van der Waals surface area contributed by atoms with E-state index in [0.717, 1.165) is 38.7 Å². The molecule has 9 heteroatoms. The minimum atomic E-state index is -3.22. The fourth-order valence-corrected chi connectivity index (χ4v) is 4.05. The summed E-state index contributed by atoms with van der Waals surface area (Å²) in [6, 6.07) is 0. The lowest BCUT2D eigenvalue weighted by Crippen LogP contribution is -2.42. The van der Waals surface area contributed by atoms with Gasteiger partial charge in [-0.25, -0.2) is 12.7 Å². The lowest BCUT2D eigenvalue weighted by atomic mass is 10.1. The molecular formula is C15H33IN4O3S. The number of nitrogens with zero attached hydrogens (tertiary/aromatic N) is 3. The van der Waals surface area contributed by atoms with E-state index in [9.17, 15) is 8.42 Å². The van der Waals surface area contributed by atoms with E-state index in [4.69, 9.17) is 4.74 Å². The number of ether oxygens (including phenoxy) is 1. The molecule has 1 saturated heterocycles. The normalized spacial score (nSPS) is 18.5. The third-order valence-corrected chi connectivity index (χ3v) is 5.96. The highest BCUT2D eigenvalue weighted by molar-refractivity contribution is 14.0. The number of halogens is 1. The van der Waals surface area contributed by atoms with Crippen LogP contribution in [-0.2, 0) is 14.8 Å². The number of guanidine groups is 1. The number of rotatable bonds is 9. The molecule has 1 fully saturated rings. The molecular weight excluding hydrogens is 443 g/mol. The van der Waals surface area contributed by atoms with Crippen LogP contribution in [0.25, 0.3) is 0 Å². The Morgan fingerprint density at radius 3 is 2.46 bits per heavy atom. The Kier molecular flexibility index (Phi) is 12.2. The quantitative estimate of drug-likeness (QED) is 0.308. The van der Waals surface area contributed by atoms with Crippen molar-refractivity contribution in [2.45, 2.75) is 27.2 Å². The number of sulfonamides is 1. The zero-order valence-electron chi connectivity index (χ0n) is 15.3. The topological polar surface area (TPSA) is 74.2 Å². The minimum Gasteiger partial charge on any atom is -0.381 e. The third kappa shape index (κ3) is 7.83. The predicted molar refractivity (Wildman–Crippen MR) is 110 cm³/mol. The van der Waals surface area contributed by atoms with Crippen LogP contribution < -0.4 is 5.32 Å². The third-order valence-electron chi connectivity index (χ3n) is 3.96. The summed E-state index contributed by atoms with van der Waals surface area (Å²) in [5.41, 5.74) is 0. The smallest absolute Gasteiger partial charge is 0.215 e. The molecule has 0 radical (unpaired) electrons. The molecule has 0 aromatic rings. The van der Waals surface area contributed by atoms with Crippen molar-refractivity contribution in [3.8, 4) is 0 Å². The van der Waals surface area contributed by atoms with E-state index >= 15 is 0 Å². The monoisotopic (exact) mass is 476 g/mol. The Balaban J connectivity index is 0.00000529. The molecule has 1 N–H and O–H groups in total. The van der Waals surface area contributed by atoms with E-state index in [2.05, 4.69) is 15.2 Å². The van der Waals surface area contributed by atoms with Gasteiger partial charge < -0.3 is 15.0 Å². The molecule has 0 aromatic heterocycles. The molecule has 0 spiro atoms. The van der Waals surface area contributed by atoms with Crippen molar-refractivity contribution in [3.05, 3.63) is 0 Å². The van der Waals surface area contributed by atoms with Crippen LogP contribution in [0.1, 0.15) is 27.2 Å². The highest BCUT2D eigenvalue weighted by atomic mass is 127. The summed E-state index contributed by atoms with van der Waals surface area (Å²) in [5, 5.41) is 3.23. The number of hydrogen-bond donors (Lipinski definition) is 1. The SMILES string of the molecule is CCNC(=NCCS(=O)(=O)N(CC)CC)N(C)CC1CCOC1.I. The second-order valence-electron chi connectivity index (χ2n) is 5.75. The van der Waals surface area contributed by atoms with Gasteiger partial charge >= 0.3 is 0 Å². The average molecular weight is 476 g/mol. The fourth-order valence-electron chi connectivity index (χ4n) is 2.68.